The molecular weight excluding hydrogens is 300 g/mol. The third kappa shape index (κ3) is 4.19. The molecule has 0 amide bonds. The van der Waals surface area contributed by atoms with Gasteiger partial charge in [0, 0.05) is 17.2 Å². The highest BCUT2D eigenvalue weighted by molar-refractivity contribution is 7.99. The summed E-state index contributed by atoms with van der Waals surface area (Å²) in [6.07, 6.45) is 1.75. The van der Waals surface area contributed by atoms with E-state index in [9.17, 15) is 4.79 Å². The molecule has 0 aliphatic heterocycles. The first-order chi connectivity index (χ1) is 10.3. The van der Waals surface area contributed by atoms with Crippen LogP contribution in [-0.2, 0) is 11.8 Å². The van der Waals surface area contributed by atoms with Gasteiger partial charge in [0.2, 0.25) is 5.89 Å². The van der Waals surface area contributed by atoms with E-state index in [1.165, 1.54) is 11.8 Å². The maximum absolute atomic E-state index is 11.7. The van der Waals surface area contributed by atoms with Gasteiger partial charge in [-0.3, -0.25) is 4.79 Å². The van der Waals surface area contributed by atoms with Gasteiger partial charge in [-0.25, -0.2) is 4.98 Å². The molecule has 22 heavy (non-hydrogen) atoms. The SMILES string of the molecule is CCCc1cc(=O)[nH]c(SC(C)c2nc(C(C)(C)C)no2)n1. The Balaban J connectivity index is 2.16. The van der Waals surface area contributed by atoms with Crippen LogP contribution in [0.25, 0.3) is 0 Å². The molecule has 0 radical (unpaired) electrons. The molecule has 2 heterocycles. The first-order valence-electron chi connectivity index (χ1n) is 7.40. The summed E-state index contributed by atoms with van der Waals surface area (Å²) in [5, 5.41) is 4.53. The first-order valence-corrected chi connectivity index (χ1v) is 8.28. The van der Waals surface area contributed by atoms with Crippen LogP contribution < -0.4 is 5.56 Å². The van der Waals surface area contributed by atoms with Gasteiger partial charge in [-0.2, -0.15) is 4.98 Å². The van der Waals surface area contributed by atoms with Gasteiger partial charge < -0.3 is 9.51 Å². The minimum absolute atomic E-state index is 0.0800. The smallest absolute Gasteiger partial charge is 0.251 e. The normalized spacial score (nSPS) is 13.3. The minimum atomic E-state index is -0.153. The van der Waals surface area contributed by atoms with E-state index >= 15 is 0 Å². The van der Waals surface area contributed by atoms with E-state index in [1.807, 2.05) is 27.7 Å². The largest absolute Gasteiger partial charge is 0.338 e. The van der Waals surface area contributed by atoms with Crippen molar-refractivity contribution in [2.45, 2.75) is 63.3 Å². The van der Waals surface area contributed by atoms with Gasteiger partial charge in [0.15, 0.2) is 11.0 Å². The molecule has 0 saturated heterocycles. The number of H-pyrrole nitrogens is 1. The molecule has 0 aliphatic carbocycles. The van der Waals surface area contributed by atoms with Gasteiger partial charge in [-0.05, 0) is 13.3 Å². The van der Waals surface area contributed by atoms with Gasteiger partial charge in [-0.15, -0.1) is 0 Å². The van der Waals surface area contributed by atoms with Crippen LogP contribution >= 0.6 is 11.8 Å². The van der Waals surface area contributed by atoms with Gasteiger partial charge in [0.05, 0.1) is 5.25 Å². The summed E-state index contributed by atoms with van der Waals surface area (Å²) in [5.41, 5.74) is 0.524. The molecule has 0 aliphatic rings. The molecule has 0 aromatic carbocycles. The van der Waals surface area contributed by atoms with Gasteiger partial charge in [0.1, 0.15) is 0 Å². The van der Waals surface area contributed by atoms with Crippen molar-refractivity contribution >= 4 is 11.8 Å². The Bertz CT molecular complexity index is 687. The number of hydrogen-bond donors (Lipinski definition) is 1. The lowest BCUT2D eigenvalue weighted by atomic mass is 9.96. The molecule has 0 spiro atoms. The number of hydrogen-bond acceptors (Lipinski definition) is 6. The van der Waals surface area contributed by atoms with Crippen LogP contribution in [0.15, 0.2) is 20.5 Å². The zero-order chi connectivity index (χ0) is 16.3. The van der Waals surface area contributed by atoms with E-state index < -0.39 is 0 Å². The second-order valence-electron chi connectivity index (χ2n) is 6.26. The summed E-state index contributed by atoms with van der Waals surface area (Å²) in [5.74, 6) is 1.22. The van der Waals surface area contributed by atoms with E-state index in [2.05, 4.69) is 27.0 Å². The monoisotopic (exact) mass is 322 g/mol. The zero-order valence-corrected chi connectivity index (χ0v) is 14.5. The molecule has 120 valence electrons. The standard InChI is InChI=1S/C15H22N4O2S/c1-6-7-10-8-11(20)17-14(16-10)22-9(2)12-18-13(19-21-12)15(3,4)5/h8-9H,6-7H2,1-5H3,(H,16,17,20). The second-order valence-corrected chi connectivity index (χ2v) is 7.59. The van der Waals surface area contributed by atoms with E-state index in [4.69, 9.17) is 4.52 Å². The quantitative estimate of drug-likeness (QED) is 0.672. The van der Waals surface area contributed by atoms with Crippen LogP contribution in [0, 0.1) is 0 Å². The number of nitrogens with zero attached hydrogens (tertiary/aromatic N) is 3. The Morgan fingerprint density at radius 3 is 2.68 bits per heavy atom. The Hall–Kier alpha value is -1.63. The maximum Gasteiger partial charge on any atom is 0.251 e. The lowest BCUT2D eigenvalue weighted by Crippen LogP contribution is -2.13. The average Bonchev–Trinajstić information content (AvgIpc) is 2.87. The summed E-state index contributed by atoms with van der Waals surface area (Å²) >= 11 is 1.41. The molecule has 2 rings (SSSR count). The van der Waals surface area contributed by atoms with Crippen molar-refractivity contribution in [2.24, 2.45) is 0 Å². The van der Waals surface area contributed by atoms with Crippen LogP contribution in [-0.4, -0.2) is 20.1 Å². The van der Waals surface area contributed by atoms with E-state index in [0.29, 0.717) is 16.9 Å². The molecule has 1 unspecified atom stereocenters. The second kappa shape index (κ2) is 6.64. The summed E-state index contributed by atoms with van der Waals surface area (Å²) in [4.78, 5) is 23.3. The Morgan fingerprint density at radius 2 is 2.09 bits per heavy atom. The topological polar surface area (TPSA) is 84.7 Å². The number of aromatic amines is 1. The maximum atomic E-state index is 11.7. The van der Waals surface area contributed by atoms with Crippen LogP contribution in [0.5, 0.6) is 0 Å². The number of rotatable bonds is 5. The van der Waals surface area contributed by atoms with Crippen LogP contribution in [0.1, 0.15) is 63.7 Å². The summed E-state index contributed by atoms with van der Waals surface area (Å²) in [7, 11) is 0. The van der Waals surface area contributed by atoms with Crippen molar-refractivity contribution in [1.82, 2.24) is 20.1 Å². The highest BCUT2D eigenvalue weighted by Crippen LogP contribution is 2.32. The highest BCUT2D eigenvalue weighted by Gasteiger charge is 2.24. The van der Waals surface area contributed by atoms with Crippen molar-refractivity contribution in [2.75, 3.05) is 0 Å². The van der Waals surface area contributed by atoms with Gasteiger partial charge >= 0.3 is 0 Å². The molecule has 1 N–H and O–H groups in total. The fourth-order valence-corrected chi connectivity index (χ4v) is 2.71. The third-order valence-corrected chi connectivity index (χ3v) is 4.00. The molecule has 1 atom stereocenters. The van der Waals surface area contributed by atoms with Crippen LogP contribution in [0.2, 0.25) is 0 Å². The molecule has 0 saturated carbocycles. The fourth-order valence-electron chi connectivity index (χ4n) is 1.85. The summed E-state index contributed by atoms with van der Waals surface area (Å²) in [6, 6.07) is 1.54. The van der Waals surface area contributed by atoms with Crippen molar-refractivity contribution in [1.29, 1.82) is 0 Å². The van der Waals surface area contributed by atoms with Crippen molar-refractivity contribution in [3.63, 3.8) is 0 Å². The Labute approximate surface area is 134 Å². The molecule has 2 aromatic rings. The van der Waals surface area contributed by atoms with E-state index in [0.717, 1.165) is 18.5 Å². The van der Waals surface area contributed by atoms with Crippen molar-refractivity contribution in [3.8, 4) is 0 Å². The average molecular weight is 322 g/mol. The third-order valence-electron chi connectivity index (χ3n) is 3.03. The molecular formula is C15H22N4O2S. The number of aryl methyl sites for hydroxylation is 1. The molecule has 2 aromatic heterocycles. The van der Waals surface area contributed by atoms with E-state index in [-0.39, 0.29) is 16.2 Å². The minimum Gasteiger partial charge on any atom is -0.338 e. The fraction of sp³-hybridized carbons (Fsp3) is 0.600. The van der Waals surface area contributed by atoms with Gasteiger partial charge in [-0.1, -0.05) is 51.0 Å². The first kappa shape index (κ1) is 16.7. The van der Waals surface area contributed by atoms with E-state index in [1.54, 1.807) is 6.07 Å². The Morgan fingerprint density at radius 1 is 1.36 bits per heavy atom. The highest BCUT2D eigenvalue weighted by atomic mass is 32.2. The van der Waals surface area contributed by atoms with Crippen molar-refractivity contribution in [3.05, 3.63) is 33.8 Å². The summed E-state index contributed by atoms with van der Waals surface area (Å²) < 4.78 is 5.33. The molecule has 0 fully saturated rings. The number of thioether (sulfide) groups is 1. The predicted octanol–water partition coefficient (Wildman–Crippen LogP) is 3.26. The number of aromatic nitrogens is 4. The lowest BCUT2D eigenvalue weighted by Gasteiger charge is -2.11. The molecule has 7 heteroatoms. The number of nitrogens with one attached hydrogen (secondary N) is 1. The van der Waals surface area contributed by atoms with Crippen molar-refractivity contribution < 1.29 is 4.52 Å². The molecule has 6 nitrogen and oxygen atoms in total. The molecule has 0 bridgehead atoms. The lowest BCUT2D eigenvalue weighted by molar-refractivity contribution is 0.364. The predicted molar refractivity (Wildman–Crippen MR) is 86.1 cm³/mol. The van der Waals surface area contributed by atoms with Crippen LogP contribution in [0.3, 0.4) is 0 Å². The summed E-state index contributed by atoms with van der Waals surface area (Å²) in [6.45, 7) is 10.1. The Kier molecular flexibility index (Phi) is 5.05. The van der Waals surface area contributed by atoms with Crippen LogP contribution in [0.4, 0.5) is 0 Å². The zero-order valence-electron chi connectivity index (χ0n) is 13.6. The van der Waals surface area contributed by atoms with Gasteiger partial charge in [0.25, 0.3) is 5.56 Å².